The zero-order valence-corrected chi connectivity index (χ0v) is 13.0. The molecule has 114 valence electrons. The van der Waals surface area contributed by atoms with Gasteiger partial charge in [-0.25, -0.2) is 0 Å². The molecular weight excluding hydrogens is 296 g/mol. The Hall–Kier alpha value is -2.14. The van der Waals surface area contributed by atoms with Crippen LogP contribution >= 0.6 is 11.3 Å². The van der Waals surface area contributed by atoms with E-state index in [2.05, 4.69) is 10.6 Å². The fraction of sp³-hybridized carbons (Fsp3) is 0.294. The maximum Gasteiger partial charge on any atom is 0.265 e. The number of para-hydroxylation sites is 1. The lowest BCUT2D eigenvalue weighted by molar-refractivity contribution is 0.0939. The first-order chi connectivity index (χ1) is 10.7. The first-order valence-corrected chi connectivity index (χ1v) is 8.37. The van der Waals surface area contributed by atoms with E-state index in [0.29, 0.717) is 16.1 Å². The fourth-order valence-corrected chi connectivity index (χ4v) is 3.33. The van der Waals surface area contributed by atoms with Crippen molar-refractivity contribution in [2.75, 3.05) is 5.32 Å². The van der Waals surface area contributed by atoms with Gasteiger partial charge >= 0.3 is 0 Å². The van der Waals surface area contributed by atoms with Gasteiger partial charge in [-0.1, -0.05) is 31.0 Å². The zero-order chi connectivity index (χ0) is 15.4. The number of benzene rings is 1. The van der Waals surface area contributed by atoms with Crippen molar-refractivity contribution in [2.24, 2.45) is 0 Å². The summed E-state index contributed by atoms with van der Waals surface area (Å²) in [6.45, 7) is 0. The summed E-state index contributed by atoms with van der Waals surface area (Å²) in [5.74, 6) is -0.301. The Labute approximate surface area is 133 Å². The molecule has 1 aromatic heterocycles. The van der Waals surface area contributed by atoms with Crippen molar-refractivity contribution in [2.45, 2.75) is 31.7 Å². The van der Waals surface area contributed by atoms with E-state index < -0.39 is 0 Å². The van der Waals surface area contributed by atoms with Gasteiger partial charge in [-0.05, 0) is 36.4 Å². The smallest absolute Gasteiger partial charge is 0.265 e. The van der Waals surface area contributed by atoms with E-state index in [4.69, 9.17) is 0 Å². The Morgan fingerprint density at radius 1 is 1.00 bits per heavy atom. The van der Waals surface area contributed by atoms with Gasteiger partial charge in [-0.2, -0.15) is 0 Å². The summed E-state index contributed by atoms with van der Waals surface area (Å²) in [6.07, 6.45) is 4.41. The van der Waals surface area contributed by atoms with Gasteiger partial charge < -0.3 is 10.6 Å². The number of carbonyl (C=O) groups excluding carboxylic acids is 2. The molecule has 1 aromatic carbocycles. The van der Waals surface area contributed by atoms with E-state index >= 15 is 0 Å². The van der Waals surface area contributed by atoms with Crippen LogP contribution in [-0.4, -0.2) is 17.9 Å². The van der Waals surface area contributed by atoms with Gasteiger partial charge in [0, 0.05) is 6.04 Å². The maximum atomic E-state index is 12.4. The Morgan fingerprint density at radius 3 is 2.50 bits per heavy atom. The van der Waals surface area contributed by atoms with Crippen molar-refractivity contribution in [3.8, 4) is 0 Å². The highest BCUT2D eigenvalue weighted by Gasteiger charge is 2.20. The van der Waals surface area contributed by atoms with Crippen molar-refractivity contribution in [1.82, 2.24) is 5.32 Å². The molecule has 22 heavy (non-hydrogen) atoms. The van der Waals surface area contributed by atoms with Crippen LogP contribution in [0.3, 0.4) is 0 Å². The molecule has 0 bridgehead atoms. The van der Waals surface area contributed by atoms with Crippen LogP contribution in [-0.2, 0) is 0 Å². The number of anilines is 1. The highest BCUT2D eigenvalue weighted by molar-refractivity contribution is 7.12. The maximum absolute atomic E-state index is 12.4. The van der Waals surface area contributed by atoms with E-state index in [1.807, 2.05) is 23.6 Å². The molecule has 1 heterocycles. The summed E-state index contributed by atoms with van der Waals surface area (Å²) in [7, 11) is 0. The summed E-state index contributed by atoms with van der Waals surface area (Å²) in [4.78, 5) is 25.2. The molecule has 0 atom stereocenters. The van der Waals surface area contributed by atoms with Gasteiger partial charge in [-0.15, -0.1) is 11.3 Å². The monoisotopic (exact) mass is 314 g/mol. The quantitative estimate of drug-likeness (QED) is 0.904. The molecule has 0 aliphatic heterocycles. The Balaban J connectivity index is 1.74. The van der Waals surface area contributed by atoms with Crippen LogP contribution in [0.15, 0.2) is 41.8 Å². The van der Waals surface area contributed by atoms with Crippen LogP contribution in [0.4, 0.5) is 5.69 Å². The zero-order valence-electron chi connectivity index (χ0n) is 12.2. The van der Waals surface area contributed by atoms with Gasteiger partial charge in [0.2, 0.25) is 0 Å². The van der Waals surface area contributed by atoms with Crippen LogP contribution in [0.5, 0.6) is 0 Å². The first-order valence-electron chi connectivity index (χ1n) is 7.49. The third-order valence-corrected chi connectivity index (χ3v) is 4.72. The highest BCUT2D eigenvalue weighted by Crippen LogP contribution is 2.21. The van der Waals surface area contributed by atoms with Crippen LogP contribution in [0.25, 0.3) is 0 Å². The minimum atomic E-state index is -0.184. The molecule has 1 fully saturated rings. The summed E-state index contributed by atoms with van der Waals surface area (Å²) in [5, 5.41) is 7.74. The molecular formula is C17H18N2O2S. The average molecular weight is 314 g/mol. The van der Waals surface area contributed by atoms with Gasteiger partial charge in [0.1, 0.15) is 0 Å². The third-order valence-electron chi connectivity index (χ3n) is 3.86. The van der Waals surface area contributed by atoms with Crippen molar-refractivity contribution < 1.29 is 9.59 Å². The summed E-state index contributed by atoms with van der Waals surface area (Å²) in [5.41, 5.74) is 1.07. The number of carbonyl (C=O) groups is 2. The molecule has 1 aliphatic carbocycles. The van der Waals surface area contributed by atoms with Crippen LogP contribution in [0.2, 0.25) is 0 Å². The normalized spacial score (nSPS) is 14.7. The molecule has 2 N–H and O–H groups in total. The minimum Gasteiger partial charge on any atom is -0.349 e. The number of thiophene rings is 1. The summed E-state index contributed by atoms with van der Waals surface area (Å²) in [6, 6.07) is 11.0. The molecule has 5 heteroatoms. The topological polar surface area (TPSA) is 58.2 Å². The van der Waals surface area contributed by atoms with E-state index in [1.54, 1.807) is 18.2 Å². The van der Waals surface area contributed by atoms with Crippen LogP contribution in [0.1, 0.15) is 45.7 Å². The molecule has 0 unspecified atom stereocenters. The third kappa shape index (κ3) is 3.36. The van der Waals surface area contributed by atoms with Crippen LogP contribution < -0.4 is 10.6 Å². The molecule has 0 spiro atoms. The van der Waals surface area contributed by atoms with E-state index in [1.165, 1.54) is 24.2 Å². The van der Waals surface area contributed by atoms with Gasteiger partial charge in [0.15, 0.2) is 0 Å². The Kier molecular flexibility index (Phi) is 4.53. The van der Waals surface area contributed by atoms with E-state index in [-0.39, 0.29) is 17.9 Å². The molecule has 3 rings (SSSR count). The fourth-order valence-electron chi connectivity index (χ4n) is 2.72. The molecule has 4 nitrogen and oxygen atoms in total. The molecule has 1 aliphatic rings. The number of rotatable bonds is 4. The molecule has 2 amide bonds. The van der Waals surface area contributed by atoms with Crippen molar-refractivity contribution in [1.29, 1.82) is 0 Å². The van der Waals surface area contributed by atoms with Crippen molar-refractivity contribution in [3.05, 3.63) is 52.2 Å². The average Bonchev–Trinajstić information content (AvgIpc) is 3.21. The van der Waals surface area contributed by atoms with Gasteiger partial charge in [0.25, 0.3) is 11.8 Å². The Bertz CT molecular complexity index is 661. The largest absolute Gasteiger partial charge is 0.349 e. The van der Waals surface area contributed by atoms with E-state index in [9.17, 15) is 9.59 Å². The number of hydrogen-bond acceptors (Lipinski definition) is 3. The van der Waals surface area contributed by atoms with E-state index in [0.717, 1.165) is 12.8 Å². The lowest BCUT2D eigenvalue weighted by atomic mass is 10.1. The van der Waals surface area contributed by atoms with Crippen molar-refractivity contribution in [3.63, 3.8) is 0 Å². The lowest BCUT2D eigenvalue weighted by Gasteiger charge is -2.14. The summed E-state index contributed by atoms with van der Waals surface area (Å²) >= 11 is 1.38. The highest BCUT2D eigenvalue weighted by atomic mass is 32.1. The SMILES string of the molecule is O=C(Nc1ccccc1C(=O)NC1CCCC1)c1cccs1. The summed E-state index contributed by atoms with van der Waals surface area (Å²) < 4.78 is 0. The number of hydrogen-bond donors (Lipinski definition) is 2. The van der Waals surface area contributed by atoms with Crippen LogP contribution in [0, 0.1) is 0 Å². The van der Waals surface area contributed by atoms with Crippen molar-refractivity contribution >= 4 is 28.8 Å². The number of nitrogens with one attached hydrogen (secondary N) is 2. The molecule has 2 aromatic rings. The second-order valence-corrected chi connectivity index (χ2v) is 6.38. The first kappa shape index (κ1) is 14.8. The predicted octanol–water partition coefficient (Wildman–Crippen LogP) is 3.67. The minimum absolute atomic E-state index is 0.117. The second-order valence-electron chi connectivity index (χ2n) is 5.43. The van der Waals surface area contributed by atoms with Gasteiger partial charge in [-0.3, -0.25) is 9.59 Å². The molecule has 0 radical (unpaired) electrons. The predicted molar refractivity (Wildman–Crippen MR) is 88.4 cm³/mol. The molecule has 0 saturated heterocycles. The Morgan fingerprint density at radius 2 is 1.77 bits per heavy atom. The standard InChI is InChI=1S/C17H18N2O2S/c20-16(18-12-6-1-2-7-12)13-8-3-4-9-14(13)19-17(21)15-10-5-11-22-15/h3-5,8-12H,1-2,6-7H2,(H,18,20)(H,19,21). The van der Waals surface area contributed by atoms with Gasteiger partial charge in [0.05, 0.1) is 16.1 Å². The number of amides is 2. The second kappa shape index (κ2) is 6.75. The molecule has 1 saturated carbocycles. The lowest BCUT2D eigenvalue weighted by Crippen LogP contribution is -2.33.